The van der Waals surface area contributed by atoms with Crippen LogP contribution >= 0.6 is 12.4 Å². The molecule has 0 aliphatic carbocycles. The number of rotatable bonds is 3. The molecule has 3 N–H and O–H groups in total. The van der Waals surface area contributed by atoms with Crippen molar-refractivity contribution in [3.8, 4) is 5.75 Å². The Hall–Kier alpha value is -1.26. The van der Waals surface area contributed by atoms with Crippen molar-refractivity contribution in [1.29, 1.82) is 0 Å². The van der Waals surface area contributed by atoms with E-state index < -0.39 is 12.0 Å². The molecule has 1 atom stereocenters. The summed E-state index contributed by atoms with van der Waals surface area (Å²) >= 11 is 0. The molecule has 0 unspecified atom stereocenters. The number of hydrogen-bond acceptors (Lipinski definition) is 3. The van der Waals surface area contributed by atoms with Crippen molar-refractivity contribution in [2.45, 2.75) is 6.04 Å². The predicted octanol–water partition coefficient (Wildman–Crippen LogP) is 1.20. The lowest BCUT2D eigenvalue weighted by molar-refractivity contribution is -0.138. The molecular formula is C9H12ClNO3. The molecule has 0 saturated heterocycles. The first-order valence-electron chi connectivity index (χ1n) is 3.77. The second kappa shape index (κ2) is 5.47. The highest BCUT2D eigenvalue weighted by Gasteiger charge is 2.13. The van der Waals surface area contributed by atoms with Crippen LogP contribution in [0.4, 0.5) is 0 Å². The van der Waals surface area contributed by atoms with Crippen LogP contribution in [0.5, 0.6) is 5.75 Å². The Morgan fingerprint density at radius 2 is 1.93 bits per heavy atom. The normalized spacial score (nSPS) is 11.3. The van der Waals surface area contributed by atoms with Gasteiger partial charge in [0.05, 0.1) is 7.11 Å². The number of carbonyl (C=O) groups is 1. The molecule has 0 aliphatic heterocycles. The highest BCUT2D eigenvalue weighted by atomic mass is 35.5. The van der Waals surface area contributed by atoms with Gasteiger partial charge in [-0.05, 0) is 17.7 Å². The van der Waals surface area contributed by atoms with Crippen molar-refractivity contribution in [2.75, 3.05) is 7.11 Å². The monoisotopic (exact) mass is 217 g/mol. The molecule has 5 heteroatoms. The van der Waals surface area contributed by atoms with E-state index in [1.807, 2.05) is 0 Å². The van der Waals surface area contributed by atoms with Gasteiger partial charge in [0.1, 0.15) is 11.8 Å². The molecule has 0 aliphatic rings. The summed E-state index contributed by atoms with van der Waals surface area (Å²) in [5.74, 6) is -0.355. The Bertz CT molecular complexity index is 299. The quantitative estimate of drug-likeness (QED) is 0.798. The number of carboxylic acid groups (broad SMARTS) is 1. The first-order valence-corrected chi connectivity index (χ1v) is 3.77. The molecule has 0 aromatic heterocycles. The first kappa shape index (κ1) is 12.7. The van der Waals surface area contributed by atoms with Gasteiger partial charge in [-0.1, -0.05) is 12.1 Å². The number of carboxylic acids is 1. The lowest BCUT2D eigenvalue weighted by Crippen LogP contribution is -2.20. The molecule has 0 spiro atoms. The summed E-state index contributed by atoms with van der Waals surface area (Å²) in [6.45, 7) is 0. The molecule has 1 rings (SSSR count). The number of aliphatic carboxylic acids is 1. The predicted molar refractivity (Wildman–Crippen MR) is 54.8 cm³/mol. The average Bonchev–Trinajstić information content (AvgIpc) is 2.17. The van der Waals surface area contributed by atoms with E-state index in [1.54, 1.807) is 31.4 Å². The van der Waals surface area contributed by atoms with Crippen LogP contribution in [0, 0.1) is 0 Å². The van der Waals surface area contributed by atoms with Gasteiger partial charge in [-0.25, -0.2) is 0 Å². The van der Waals surface area contributed by atoms with Crippen molar-refractivity contribution >= 4 is 18.4 Å². The molecule has 0 fully saturated rings. The summed E-state index contributed by atoms with van der Waals surface area (Å²) in [5.41, 5.74) is 5.95. The van der Waals surface area contributed by atoms with Crippen molar-refractivity contribution in [3.63, 3.8) is 0 Å². The van der Waals surface area contributed by atoms with Crippen molar-refractivity contribution in [1.82, 2.24) is 0 Å². The van der Waals surface area contributed by atoms with Crippen LogP contribution in [0.2, 0.25) is 0 Å². The van der Waals surface area contributed by atoms with Gasteiger partial charge in [0.25, 0.3) is 0 Å². The number of methoxy groups -OCH3 is 1. The molecule has 0 amide bonds. The molecular weight excluding hydrogens is 206 g/mol. The van der Waals surface area contributed by atoms with E-state index in [4.69, 9.17) is 15.6 Å². The molecule has 4 nitrogen and oxygen atoms in total. The van der Waals surface area contributed by atoms with E-state index in [-0.39, 0.29) is 12.4 Å². The van der Waals surface area contributed by atoms with Crippen LogP contribution in [-0.2, 0) is 4.79 Å². The van der Waals surface area contributed by atoms with Crippen LogP contribution in [0.25, 0.3) is 0 Å². The van der Waals surface area contributed by atoms with Crippen molar-refractivity contribution < 1.29 is 14.6 Å². The average molecular weight is 218 g/mol. The number of benzene rings is 1. The third kappa shape index (κ3) is 2.90. The van der Waals surface area contributed by atoms with Crippen molar-refractivity contribution in [3.05, 3.63) is 29.8 Å². The van der Waals surface area contributed by atoms with Crippen LogP contribution in [0.15, 0.2) is 24.3 Å². The third-order valence-corrected chi connectivity index (χ3v) is 1.74. The Morgan fingerprint density at radius 1 is 1.43 bits per heavy atom. The van der Waals surface area contributed by atoms with E-state index in [0.29, 0.717) is 11.3 Å². The largest absolute Gasteiger partial charge is 0.497 e. The zero-order chi connectivity index (χ0) is 9.84. The third-order valence-electron chi connectivity index (χ3n) is 1.74. The summed E-state index contributed by atoms with van der Waals surface area (Å²) in [5, 5.41) is 8.61. The van der Waals surface area contributed by atoms with E-state index in [2.05, 4.69) is 0 Å². The standard InChI is InChI=1S/C9H11NO3.ClH/c1-13-7-4-2-6(3-5-7)8(10)9(11)12;/h2-5,8H,10H2,1H3,(H,11,12);1H/t8-;/m1./s1. The van der Waals surface area contributed by atoms with Gasteiger partial charge in [-0.3, -0.25) is 4.79 Å². The van der Waals surface area contributed by atoms with E-state index in [1.165, 1.54) is 0 Å². The maximum Gasteiger partial charge on any atom is 0.325 e. The Labute approximate surface area is 88.1 Å². The maximum absolute atomic E-state index is 10.5. The number of ether oxygens (including phenoxy) is 1. The smallest absolute Gasteiger partial charge is 0.325 e. The lowest BCUT2D eigenvalue weighted by atomic mass is 10.1. The minimum Gasteiger partial charge on any atom is -0.497 e. The first-order chi connectivity index (χ1) is 6.15. The van der Waals surface area contributed by atoms with E-state index in [9.17, 15) is 4.79 Å². The fraction of sp³-hybridized carbons (Fsp3) is 0.222. The second-order valence-corrected chi connectivity index (χ2v) is 2.59. The van der Waals surface area contributed by atoms with Gasteiger partial charge >= 0.3 is 5.97 Å². The molecule has 0 heterocycles. The SMILES string of the molecule is COc1ccc([C@@H](N)C(=O)O)cc1.Cl. The van der Waals surface area contributed by atoms with E-state index >= 15 is 0 Å². The van der Waals surface area contributed by atoms with E-state index in [0.717, 1.165) is 0 Å². The topological polar surface area (TPSA) is 72.5 Å². The van der Waals surface area contributed by atoms with Gasteiger partial charge < -0.3 is 15.6 Å². The zero-order valence-electron chi connectivity index (χ0n) is 7.64. The Balaban J connectivity index is 0.00000169. The molecule has 14 heavy (non-hydrogen) atoms. The summed E-state index contributed by atoms with van der Waals surface area (Å²) in [4.78, 5) is 10.5. The fourth-order valence-corrected chi connectivity index (χ4v) is 0.954. The summed E-state index contributed by atoms with van der Waals surface area (Å²) in [6, 6.07) is 5.66. The van der Waals surface area contributed by atoms with Crippen molar-refractivity contribution in [2.24, 2.45) is 5.73 Å². The van der Waals surface area contributed by atoms with Gasteiger partial charge in [0.2, 0.25) is 0 Å². The van der Waals surface area contributed by atoms with Gasteiger partial charge in [-0.15, -0.1) is 12.4 Å². The molecule has 1 aromatic carbocycles. The van der Waals surface area contributed by atoms with Gasteiger partial charge in [0.15, 0.2) is 0 Å². The highest BCUT2D eigenvalue weighted by molar-refractivity contribution is 5.85. The second-order valence-electron chi connectivity index (χ2n) is 2.59. The molecule has 0 bridgehead atoms. The van der Waals surface area contributed by atoms with Crippen LogP contribution in [0.3, 0.4) is 0 Å². The summed E-state index contributed by atoms with van der Waals surface area (Å²) < 4.78 is 4.92. The summed E-state index contributed by atoms with van der Waals surface area (Å²) in [6.07, 6.45) is 0. The molecule has 0 radical (unpaired) electrons. The van der Waals surface area contributed by atoms with Crippen LogP contribution < -0.4 is 10.5 Å². The molecule has 78 valence electrons. The molecule has 0 saturated carbocycles. The lowest BCUT2D eigenvalue weighted by Gasteiger charge is -2.06. The minimum atomic E-state index is -1.04. The maximum atomic E-state index is 10.5. The van der Waals surface area contributed by atoms with Gasteiger partial charge in [0, 0.05) is 0 Å². The summed E-state index contributed by atoms with van der Waals surface area (Å²) in [7, 11) is 1.55. The minimum absolute atomic E-state index is 0. The highest BCUT2D eigenvalue weighted by Crippen LogP contribution is 2.15. The van der Waals surface area contributed by atoms with Crippen LogP contribution in [0.1, 0.15) is 11.6 Å². The Morgan fingerprint density at radius 3 is 2.29 bits per heavy atom. The number of hydrogen-bond donors (Lipinski definition) is 2. The van der Waals surface area contributed by atoms with Crippen LogP contribution in [-0.4, -0.2) is 18.2 Å². The number of nitrogens with two attached hydrogens (primary N) is 1. The number of halogens is 1. The zero-order valence-corrected chi connectivity index (χ0v) is 8.45. The van der Waals surface area contributed by atoms with Gasteiger partial charge in [-0.2, -0.15) is 0 Å². The fourth-order valence-electron chi connectivity index (χ4n) is 0.954. The molecule has 1 aromatic rings. The Kier molecular flexibility index (Phi) is 4.97.